The van der Waals surface area contributed by atoms with Crippen molar-refractivity contribution in [2.45, 2.75) is 96.8 Å². The molecule has 0 bridgehead atoms. The highest BCUT2D eigenvalue weighted by atomic mass is 16.4. The van der Waals surface area contributed by atoms with Gasteiger partial charge in [-0.2, -0.15) is 0 Å². The van der Waals surface area contributed by atoms with Crippen molar-refractivity contribution in [2.24, 2.45) is 39.8 Å². The molecule has 0 saturated heterocycles. The molecule has 12 N–H and O–H groups in total. The quantitative estimate of drug-likeness (QED) is 0.0589. The number of carboxylic acids is 1. The number of nitrogens with two attached hydrogens (primary N) is 4. The maximum absolute atomic E-state index is 13.2. The molecular formula is C24H48N8O5. The Kier molecular flexibility index (Phi) is 16.9. The molecule has 13 heteroatoms. The minimum absolute atomic E-state index is 0.0338. The number of carbonyl (C=O) groups excluding carboxylic acids is 3. The SMILES string of the molecule is CC(C)CC(N)C(=O)NC(CCCN=C(N)N)C(=O)NC(CCCCN)C(=O)NC(CC(C)C)C(=O)O. The molecular weight excluding hydrogens is 480 g/mol. The Hall–Kier alpha value is -2.93. The molecule has 37 heavy (non-hydrogen) atoms. The zero-order chi connectivity index (χ0) is 28.5. The summed E-state index contributed by atoms with van der Waals surface area (Å²) >= 11 is 0. The number of amides is 3. The minimum Gasteiger partial charge on any atom is -0.480 e. The standard InChI is InChI=1S/C24H48N8O5/c1-14(2)12-16(26)20(33)30-18(9-7-11-29-24(27)28)21(34)31-17(8-5-6-10-25)22(35)32-19(23(36)37)13-15(3)4/h14-19H,5-13,25-26H2,1-4H3,(H,30,33)(H,31,34)(H,32,35)(H,36,37)(H4,27,28,29). The van der Waals surface area contributed by atoms with Gasteiger partial charge < -0.3 is 44.0 Å². The van der Waals surface area contributed by atoms with Crippen LogP contribution in [0, 0.1) is 11.8 Å². The van der Waals surface area contributed by atoms with Crippen molar-refractivity contribution in [2.75, 3.05) is 13.1 Å². The Balaban J connectivity index is 5.63. The van der Waals surface area contributed by atoms with E-state index in [1.165, 1.54) is 0 Å². The summed E-state index contributed by atoms with van der Waals surface area (Å²) in [5.41, 5.74) is 22.3. The first kappa shape index (κ1) is 34.1. The molecule has 4 atom stereocenters. The lowest BCUT2D eigenvalue weighted by Crippen LogP contribution is -2.57. The molecule has 0 fully saturated rings. The van der Waals surface area contributed by atoms with Crippen LogP contribution in [0.2, 0.25) is 0 Å². The molecule has 0 spiro atoms. The third-order valence-electron chi connectivity index (χ3n) is 5.54. The molecule has 0 aliphatic rings. The van der Waals surface area contributed by atoms with Crippen molar-refractivity contribution >= 4 is 29.7 Å². The van der Waals surface area contributed by atoms with Crippen LogP contribution in [0.15, 0.2) is 4.99 Å². The number of aliphatic imine (C=N–C) groups is 1. The van der Waals surface area contributed by atoms with E-state index in [2.05, 4.69) is 20.9 Å². The van der Waals surface area contributed by atoms with Gasteiger partial charge in [0.25, 0.3) is 0 Å². The smallest absolute Gasteiger partial charge is 0.326 e. The summed E-state index contributed by atoms with van der Waals surface area (Å²) in [5, 5.41) is 17.4. The predicted molar refractivity (Wildman–Crippen MR) is 143 cm³/mol. The van der Waals surface area contributed by atoms with Crippen LogP contribution in [0.25, 0.3) is 0 Å². The minimum atomic E-state index is -1.15. The fraction of sp³-hybridized carbons (Fsp3) is 0.792. The molecule has 0 aromatic carbocycles. The van der Waals surface area contributed by atoms with E-state index >= 15 is 0 Å². The van der Waals surface area contributed by atoms with Crippen LogP contribution in [-0.2, 0) is 19.2 Å². The summed E-state index contributed by atoms with van der Waals surface area (Å²) < 4.78 is 0. The summed E-state index contributed by atoms with van der Waals surface area (Å²) in [4.78, 5) is 54.4. The fourth-order valence-corrected chi connectivity index (χ4v) is 3.67. The second kappa shape index (κ2) is 18.3. The van der Waals surface area contributed by atoms with E-state index in [0.717, 1.165) is 0 Å². The van der Waals surface area contributed by atoms with Gasteiger partial charge in [0.2, 0.25) is 17.7 Å². The summed E-state index contributed by atoms with van der Waals surface area (Å²) in [6, 6.07) is -3.89. The lowest BCUT2D eigenvalue weighted by molar-refractivity contribution is -0.142. The summed E-state index contributed by atoms with van der Waals surface area (Å²) in [6.07, 6.45) is 2.67. The first-order valence-electron chi connectivity index (χ1n) is 12.9. The van der Waals surface area contributed by atoms with Crippen LogP contribution in [0.4, 0.5) is 0 Å². The van der Waals surface area contributed by atoms with Crippen molar-refractivity contribution in [3.8, 4) is 0 Å². The zero-order valence-electron chi connectivity index (χ0n) is 22.7. The van der Waals surface area contributed by atoms with Gasteiger partial charge in [0.05, 0.1) is 6.04 Å². The third kappa shape index (κ3) is 15.7. The molecule has 214 valence electrons. The van der Waals surface area contributed by atoms with Crippen LogP contribution in [0.1, 0.15) is 72.6 Å². The molecule has 13 nitrogen and oxygen atoms in total. The fourth-order valence-electron chi connectivity index (χ4n) is 3.67. The average molecular weight is 529 g/mol. The van der Waals surface area contributed by atoms with E-state index in [4.69, 9.17) is 22.9 Å². The maximum Gasteiger partial charge on any atom is 0.326 e. The van der Waals surface area contributed by atoms with Gasteiger partial charge in [-0.15, -0.1) is 0 Å². The normalized spacial score (nSPS) is 14.4. The molecule has 0 aromatic rings. The van der Waals surface area contributed by atoms with Crippen LogP contribution in [-0.4, -0.2) is 72.0 Å². The van der Waals surface area contributed by atoms with Gasteiger partial charge in [-0.1, -0.05) is 27.7 Å². The highest BCUT2D eigenvalue weighted by Gasteiger charge is 2.30. The molecule has 0 saturated carbocycles. The number of nitrogens with zero attached hydrogens (tertiary/aromatic N) is 1. The van der Waals surface area contributed by atoms with Gasteiger partial charge >= 0.3 is 5.97 Å². The van der Waals surface area contributed by atoms with Crippen LogP contribution < -0.4 is 38.9 Å². The van der Waals surface area contributed by atoms with Gasteiger partial charge in [0.15, 0.2) is 5.96 Å². The summed E-state index contributed by atoms with van der Waals surface area (Å²) in [5.74, 6) is -2.71. The highest BCUT2D eigenvalue weighted by Crippen LogP contribution is 2.09. The Morgan fingerprint density at radius 3 is 1.70 bits per heavy atom. The van der Waals surface area contributed by atoms with E-state index in [-0.39, 0.29) is 43.6 Å². The van der Waals surface area contributed by atoms with Gasteiger partial charge in [0, 0.05) is 6.54 Å². The van der Waals surface area contributed by atoms with Crippen molar-refractivity contribution in [1.29, 1.82) is 0 Å². The first-order valence-corrected chi connectivity index (χ1v) is 12.9. The molecule has 0 aromatic heterocycles. The zero-order valence-corrected chi connectivity index (χ0v) is 22.7. The monoisotopic (exact) mass is 528 g/mol. The van der Waals surface area contributed by atoms with E-state index in [9.17, 15) is 24.3 Å². The third-order valence-corrected chi connectivity index (χ3v) is 5.54. The molecule has 4 unspecified atom stereocenters. The Morgan fingerprint density at radius 2 is 1.24 bits per heavy atom. The van der Waals surface area contributed by atoms with E-state index in [0.29, 0.717) is 32.2 Å². The summed E-state index contributed by atoms with van der Waals surface area (Å²) in [7, 11) is 0. The Morgan fingerprint density at radius 1 is 0.757 bits per heavy atom. The summed E-state index contributed by atoms with van der Waals surface area (Å²) in [6.45, 7) is 8.21. The number of nitrogens with one attached hydrogen (secondary N) is 3. The lowest BCUT2D eigenvalue weighted by Gasteiger charge is -2.26. The molecule has 0 aliphatic carbocycles. The van der Waals surface area contributed by atoms with Gasteiger partial charge in [-0.3, -0.25) is 19.4 Å². The Labute approximate surface area is 219 Å². The van der Waals surface area contributed by atoms with Crippen LogP contribution in [0.5, 0.6) is 0 Å². The number of hydrogen-bond acceptors (Lipinski definition) is 7. The predicted octanol–water partition coefficient (Wildman–Crippen LogP) is -0.872. The largest absolute Gasteiger partial charge is 0.480 e. The van der Waals surface area contributed by atoms with Gasteiger partial charge in [-0.25, -0.2) is 4.79 Å². The topological polar surface area (TPSA) is 241 Å². The van der Waals surface area contributed by atoms with Crippen molar-refractivity contribution < 1.29 is 24.3 Å². The van der Waals surface area contributed by atoms with E-state index in [1.807, 2.05) is 27.7 Å². The van der Waals surface area contributed by atoms with E-state index < -0.39 is 47.9 Å². The van der Waals surface area contributed by atoms with Gasteiger partial charge in [0.1, 0.15) is 18.1 Å². The lowest BCUT2D eigenvalue weighted by atomic mass is 10.0. The molecule has 0 rings (SSSR count). The van der Waals surface area contributed by atoms with Crippen molar-refractivity contribution in [1.82, 2.24) is 16.0 Å². The number of carbonyl (C=O) groups is 4. The van der Waals surface area contributed by atoms with Crippen molar-refractivity contribution in [3.63, 3.8) is 0 Å². The number of unbranched alkanes of at least 4 members (excludes halogenated alkanes) is 1. The van der Waals surface area contributed by atoms with E-state index in [1.54, 1.807) is 0 Å². The number of hydrogen-bond donors (Lipinski definition) is 8. The maximum atomic E-state index is 13.2. The molecule has 0 heterocycles. The van der Waals surface area contributed by atoms with Crippen molar-refractivity contribution in [3.05, 3.63) is 0 Å². The number of aliphatic carboxylic acids is 1. The number of carboxylic acid groups (broad SMARTS) is 1. The molecule has 3 amide bonds. The second-order valence-corrected chi connectivity index (χ2v) is 10.1. The average Bonchev–Trinajstić information content (AvgIpc) is 2.78. The van der Waals surface area contributed by atoms with Gasteiger partial charge in [-0.05, 0) is 63.3 Å². The number of rotatable bonds is 19. The highest BCUT2D eigenvalue weighted by molar-refractivity contribution is 5.94. The van der Waals surface area contributed by atoms with Crippen LogP contribution >= 0.6 is 0 Å². The second-order valence-electron chi connectivity index (χ2n) is 10.1. The molecule has 0 radical (unpaired) electrons. The number of guanidine groups is 1. The Bertz CT molecular complexity index is 755. The first-order chi connectivity index (χ1) is 17.3. The van der Waals surface area contributed by atoms with Crippen LogP contribution in [0.3, 0.4) is 0 Å². The molecule has 0 aliphatic heterocycles.